The van der Waals surface area contributed by atoms with Crippen LogP contribution in [0.4, 0.5) is 0 Å². The molecule has 5 nitrogen and oxygen atoms in total. The standard InChI is InChI=1S/C20H33NO4SSi/c1-20(2,3)27(5,6)25-14-15-9-12-18(22)21(15)13-7-8-16-10-11-17(26-16)19(23)24-4/h10-11,15H,7-9,12-14H2,1-6H3/t15-/m1/s1. The zero-order valence-electron chi connectivity index (χ0n) is 17.5. The van der Waals surface area contributed by atoms with Gasteiger partial charge in [-0.25, -0.2) is 4.79 Å². The minimum atomic E-state index is -1.80. The van der Waals surface area contributed by atoms with Gasteiger partial charge < -0.3 is 14.1 Å². The first-order valence-corrected chi connectivity index (χ1v) is 13.4. The van der Waals surface area contributed by atoms with Gasteiger partial charge in [-0.1, -0.05) is 20.8 Å². The lowest BCUT2D eigenvalue weighted by atomic mass is 10.2. The molecule has 2 rings (SSSR count). The van der Waals surface area contributed by atoms with Crippen LogP contribution in [0, 0.1) is 0 Å². The van der Waals surface area contributed by atoms with Crippen molar-refractivity contribution in [1.82, 2.24) is 4.90 Å². The Morgan fingerprint density at radius 3 is 2.67 bits per heavy atom. The summed E-state index contributed by atoms with van der Waals surface area (Å²) in [5.41, 5.74) is 0. The first kappa shape index (κ1) is 22.1. The molecule has 1 fully saturated rings. The lowest BCUT2D eigenvalue weighted by Gasteiger charge is -2.38. The molecule has 0 bridgehead atoms. The van der Waals surface area contributed by atoms with Crippen molar-refractivity contribution in [3.8, 4) is 0 Å². The van der Waals surface area contributed by atoms with Crippen LogP contribution >= 0.6 is 11.3 Å². The smallest absolute Gasteiger partial charge is 0.348 e. The van der Waals surface area contributed by atoms with Crippen molar-refractivity contribution < 1.29 is 18.8 Å². The number of thiophene rings is 1. The molecule has 1 aliphatic rings. The summed E-state index contributed by atoms with van der Waals surface area (Å²) >= 11 is 1.47. The molecule has 1 aromatic rings. The Bertz CT molecular complexity index is 665. The van der Waals surface area contributed by atoms with E-state index in [1.807, 2.05) is 17.0 Å². The number of hydrogen-bond acceptors (Lipinski definition) is 5. The number of carbonyl (C=O) groups is 2. The second kappa shape index (κ2) is 8.88. The molecule has 1 aliphatic heterocycles. The SMILES string of the molecule is COC(=O)c1ccc(CCCN2C(=O)CC[C@@H]2CO[Si](C)(C)C(C)(C)C)s1. The molecule has 1 atom stereocenters. The van der Waals surface area contributed by atoms with E-state index in [2.05, 4.69) is 33.9 Å². The van der Waals surface area contributed by atoms with Crippen molar-refractivity contribution in [2.75, 3.05) is 20.3 Å². The second-order valence-corrected chi connectivity index (χ2v) is 14.7. The molecule has 7 heteroatoms. The molecule has 152 valence electrons. The number of methoxy groups -OCH3 is 1. The molecule has 27 heavy (non-hydrogen) atoms. The molecule has 1 amide bonds. The van der Waals surface area contributed by atoms with E-state index in [9.17, 15) is 9.59 Å². The highest BCUT2D eigenvalue weighted by Crippen LogP contribution is 2.37. The third-order valence-electron chi connectivity index (χ3n) is 5.77. The molecular weight excluding hydrogens is 378 g/mol. The van der Waals surface area contributed by atoms with Gasteiger partial charge in [-0.3, -0.25) is 4.79 Å². The Hall–Kier alpha value is -1.18. The second-order valence-electron chi connectivity index (χ2n) is 8.71. The Balaban J connectivity index is 1.86. The third-order valence-corrected chi connectivity index (χ3v) is 11.4. The van der Waals surface area contributed by atoms with Gasteiger partial charge in [0.15, 0.2) is 8.32 Å². The van der Waals surface area contributed by atoms with Gasteiger partial charge in [0.2, 0.25) is 5.91 Å². The predicted molar refractivity (Wildman–Crippen MR) is 112 cm³/mol. The first-order chi connectivity index (χ1) is 12.5. The molecular formula is C20H33NO4SSi. The fraction of sp³-hybridized carbons (Fsp3) is 0.700. The number of likely N-dealkylation sites (tertiary alicyclic amines) is 1. The number of nitrogens with zero attached hydrogens (tertiary/aromatic N) is 1. The van der Waals surface area contributed by atoms with Crippen LogP contribution in [0.25, 0.3) is 0 Å². The summed E-state index contributed by atoms with van der Waals surface area (Å²) in [6.07, 6.45) is 3.26. The number of esters is 1. The van der Waals surface area contributed by atoms with Crippen molar-refractivity contribution in [2.45, 2.75) is 70.6 Å². The highest BCUT2D eigenvalue weighted by atomic mass is 32.1. The number of rotatable bonds is 8. The fourth-order valence-electron chi connectivity index (χ4n) is 2.94. The Labute approximate surface area is 168 Å². The van der Waals surface area contributed by atoms with Crippen LogP contribution in [-0.4, -0.2) is 51.4 Å². The van der Waals surface area contributed by atoms with Crippen molar-refractivity contribution in [1.29, 1.82) is 0 Å². The lowest BCUT2D eigenvalue weighted by molar-refractivity contribution is -0.129. The third kappa shape index (κ3) is 5.65. The van der Waals surface area contributed by atoms with Crippen LogP contribution in [0.1, 0.15) is 54.6 Å². The zero-order chi connectivity index (χ0) is 20.2. The van der Waals surface area contributed by atoms with Crippen LogP contribution in [0.3, 0.4) is 0 Å². The summed E-state index contributed by atoms with van der Waals surface area (Å²) in [7, 11) is -0.404. The van der Waals surface area contributed by atoms with Gasteiger partial charge in [0, 0.05) is 17.8 Å². The molecule has 0 saturated carbocycles. The van der Waals surface area contributed by atoms with Gasteiger partial charge in [0.25, 0.3) is 0 Å². The number of ether oxygens (including phenoxy) is 1. The fourth-order valence-corrected chi connectivity index (χ4v) is 4.95. The number of aryl methyl sites for hydroxylation is 1. The van der Waals surface area contributed by atoms with Gasteiger partial charge in [0.1, 0.15) is 4.88 Å². The van der Waals surface area contributed by atoms with E-state index in [0.717, 1.165) is 30.7 Å². The Morgan fingerprint density at radius 2 is 2.04 bits per heavy atom. The zero-order valence-corrected chi connectivity index (χ0v) is 19.3. The van der Waals surface area contributed by atoms with Crippen LogP contribution in [0.15, 0.2) is 12.1 Å². The minimum absolute atomic E-state index is 0.178. The monoisotopic (exact) mass is 411 g/mol. The van der Waals surface area contributed by atoms with Crippen LogP contribution in [0.2, 0.25) is 18.1 Å². The predicted octanol–water partition coefficient (Wildman–Crippen LogP) is 4.48. The van der Waals surface area contributed by atoms with E-state index < -0.39 is 8.32 Å². The maximum absolute atomic E-state index is 12.3. The highest BCUT2D eigenvalue weighted by Gasteiger charge is 2.39. The van der Waals surface area contributed by atoms with E-state index in [1.165, 1.54) is 18.4 Å². The van der Waals surface area contributed by atoms with Gasteiger partial charge in [-0.2, -0.15) is 0 Å². The lowest BCUT2D eigenvalue weighted by Crippen LogP contribution is -2.45. The van der Waals surface area contributed by atoms with E-state index in [1.54, 1.807) is 0 Å². The molecule has 0 radical (unpaired) electrons. The summed E-state index contributed by atoms with van der Waals surface area (Å²) in [5, 5.41) is 0.178. The van der Waals surface area contributed by atoms with Crippen molar-refractivity contribution >= 4 is 31.5 Å². The molecule has 2 heterocycles. The minimum Gasteiger partial charge on any atom is -0.465 e. The largest absolute Gasteiger partial charge is 0.465 e. The van der Waals surface area contributed by atoms with Crippen LogP contribution in [0.5, 0.6) is 0 Å². The van der Waals surface area contributed by atoms with Gasteiger partial charge in [-0.05, 0) is 49.5 Å². The molecule has 0 unspecified atom stereocenters. The molecule has 0 aliphatic carbocycles. The molecule has 1 aromatic heterocycles. The number of amides is 1. The van der Waals surface area contributed by atoms with Crippen molar-refractivity contribution in [2.24, 2.45) is 0 Å². The summed E-state index contributed by atoms with van der Waals surface area (Å²) in [6, 6.07) is 3.98. The normalized spacial score (nSPS) is 18.2. The maximum Gasteiger partial charge on any atom is 0.348 e. The van der Waals surface area contributed by atoms with E-state index >= 15 is 0 Å². The van der Waals surface area contributed by atoms with Gasteiger partial charge in [0.05, 0.1) is 19.8 Å². The first-order valence-electron chi connectivity index (χ1n) is 9.65. The molecule has 0 spiro atoms. The van der Waals surface area contributed by atoms with E-state index in [-0.39, 0.29) is 23.0 Å². The summed E-state index contributed by atoms with van der Waals surface area (Å²) < 4.78 is 11.1. The van der Waals surface area contributed by atoms with Crippen molar-refractivity contribution in [3.63, 3.8) is 0 Å². The Morgan fingerprint density at radius 1 is 1.33 bits per heavy atom. The molecule has 0 aromatic carbocycles. The topological polar surface area (TPSA) is 55.8 Å². The highest BCUT2D eigenvalue weighted by molar-refractivity contribution is 7.13. The van der Waals surface area contributed by atoms with Crippen molar-refractivity contribution in [3.05, 3.63) is 21.9 Å². The molecule has 1 saturated heterocycles. The maximum atomic E-state index is 12.3. The van der Waals surface area contributed by atoms with E-state index in [0.29, 0.717) is 17.9 Å². The number of hydrogen-bond donors (Lipinski definition) is 0. The van der Waals surface area contributed by atoms with Gasteiger partial charge >= 0.3 is 5.97 Å². The molecule has 0 N–H and O–H groups in total. The summed E-state index contributed by atoms with van der Waals surface area (Å²) in [6.45, 7) is 12.6. The Kier molecular flexibility index (Phi) is 7.27. The van der Waals surface area contributed by atoms with Crippen LogP contribution in [-0.2, 0) is 20.4 Å². The van der Waals surface area contributed by atoms with Gasteiger partial charge in [-0.15, -0.1) is 11.3 Å². The summed E-state index contributed by atoms with van der Waals surface area (Å²) in [5.74, 6) is -0.0518. The summed E-state index contributed by atoms with van der Waals surface area (Å²) in [4.78, 5) is 27.6. The number of carbonyl (C=O) groups excluding carboxylic acids is 2. The van der Waals surface area contributed by atoms with E-state index in [4.69, 9.17) is 9.16 Å². The quantitative estimate of drug-likeness (QED) is 0.467. The van der Waals surface area contributed by atoms with Crippen LogP contribution < -0.4 is 0 Å². The average Bonchev–Trinajstić information content (AvgIpc) is 3.19. The average molecular weight is 412 g/mol.